The molecule has 0 radical (unpaired) electrons. The molecule has 0 spiro atoms. The Morgan fingerprint density at radius 1 is 1.28 bits per heavy atom. The van der Waals surface area contributed by atoms with E-state index in [1.165, 1.54) is 4.31 Å². The first-order valence-corrected chi connectivity index (χ1v) is 8.10. The fraction of sp³-hybridized carbons (Fsp3) is 0.900. The summed E-state index contributed by atoms with van der Waals surface area (Å²) in [4.78, 5) is 13.2. The summed E-state index contributed by atoms with van der Waals surface area (Å²) in [5.41, 5.74) is 0. The average molecular weight is 298 g/mol. The van der Waals surface area contributed by atoms with E-state index >= 15 is 0 Å². The maximum absolute atomic E-state index is 11.9. The summed E-state index contributed by atoms with van der Waals surface area (Å²) >= 11 is 5.51. The molecule has 1 heterocycles. The molecule has 1 rings (SSSR count). The molecule has 1 amide bonds. The van der Waals surface area contributed by atoms with Gasteiger partial charge in [0.1, 0.15) is 0 Å². The van der Waals surface area contributed by atoms with Gasteiger partial charge in [-0.25, -0.2) is 8.42 Å². The van der Waals surface area contributed by atoms with Crippen molar-refractivity contribution in [1.82, 2.24) is 14.5 Å². The first-order valence-electron chi connectivity index (χ1n) is 5.96. The summed E-state index contributed by atoms with van der Waals surface area (Å²) < 4.78 is 25.3. The first kappa shape index (κ1) is 15.7. The monoisotopic (exact) mass is 297 g/mol. The lowest BCUT2D eigenvalue weighted by molar-refractivity contribution is -0.122. The number of amides is 1. The molecule has 106 valence electrons. The Morgan fingerprint density at radius 3 is 2.39 bits per heavy atom. The smallest absolute Gasteiger partial charge is 0.233 e. The minimum absolute atomic E-state index is 0.0477. The molecule has 1 aliphatic rings. The van der Waals surface area contributed by atoms with Crippen LogP contribution in [0.3, 0.4) is 0 Å². The van der Waals surface area contributed by atoms with E-state index in [-0.39, 0.29) is 11.7 Å². The van der Waals surface area contributed by atoms with Crippen molar-refractivity contribution in [3.8, 4) is 0 Å². The highest BCUT2D eigenvalue weighted by Crippen LogP contribution is 2.09. The first-order chi connectivity index (χ1) is 8.49. The van der Waals surface area contributed by atoms with Crippen LogP contribution >= 0.6 is 11.6 Å². The maximum atomic E-state index is 11.9. The van der Waals surface area contributed by atoms with Crippen molar-refractivity contribution in [1.29, 1.82) is 0 Å². The van der Waals surface area contributed by atoms with Crippen molar-refractivity contribution in [3.05, 3.63) is 0 Å². The molecule has 0 aliphatic carbocycles. The van der Waals surface area contributed by atoms with Gasteiger partial charge in [0, 0.05) is 39.1 Å². The van der Waals surface area contributed by atoms with Crippen molar-refractivity contribution in [3.63, 3.8) is 0 Å². The van der Waals surface area contributed by atoms with Crippen LogP contribution in [0.1, 0.15) is 6.42 Å². The Balaban J connectivity index is 2.41. The molecule has 0 atom stereocenters. The molecule has 1 saturated heterocycles. The van der Waals surface area contributed by atoms with Gasteiger partial charge < -0.3 is 5.32 Å². The summed E-state index contributed by atoms with van der Waals surface area (Å²) in [6.07, 6.45) is 0.475. The van der Waals surface area contributed by atoms with E-state index in [4.69, 9.17) is 11.6 Å². The Labute approximate surface area is 113 Å². The van der Waals surface area contributed by atoms with E-state index in [1.807, 2.05) is 4.90 Å². The minimum Gasteiger partial charge on any atom is -0.358 e. The Bertz CT molecular complexity index is 367. The second-order valence-electron chi connectivity index (χ2n) is 4.21. The van der Waals surface area contributed by atoms with E-state index in [0.29, 0.717) is 45.0 Å². The number of nitrogens with zero attached hydrogens (tertiary/aromatic N) is 2. The van der Waals surface area contributed by atoms with Crippen LogP contribution in [0.5, 0.6) is 0 Å². The summed E-state index contributed by atoms with van der Waals surface area (Å²) in [5.74, 6) is 0.412. The summed E-state index contributed by atoms with van der Waals surface area (Å²) in [6, 6.07) is 0. The average Bonchev–Trinajstić information content (AvgIpc) is 2.37. The van der Waals surface area contributed by atoms with Gasteiger partial charge in [0.25, 0.3) is 0 Å². The molecule has 0 aromatic rings. The normalized spacial score (nSPS) is 18.8. The number of alkyl halides is 1. The Kier molecular flexibility index (Phi) is 6.34. The highest BCUT2D eigenvalue weighted by molar-refractivity contribution is 7.89. The molecule has 0 bridgehead atoms. The van der Waals surface area contributed by atoms with Gasteiger partial charge in [-0.3, -0.25) is 9.69 Å². The van der Waals surface area contributed by atoms with Crippen LogP contribution in [-0.4, -0.2) is 74.9 Å². The zero-order valence-electron chi connectivity index (χ0n) is 10.6. The zero-order valence-corrected chi connectivity index (χ0v) is 12.1. The van der Waals surface area contributed by atoms with Crippen LogP contribution < -0.4 is 5.32 Å². The number of sulfonamides is 1. The number of halogens is 1. The number of likely N-dealkylation sites (N-methyl/N-ethyl adjacent to an activating group) is 1. The quantitative estimate of drug-likeness (QED) is 0.659. The summed E-state index contributed by atoms with van der Waals surface area (Å²) in [5, 5.41) is 2.55. The lowest BCUT2D eigenvalue weighted by atomic mass is 10.3. The van der Waals surface area contributed by atoms with Gasteiger partial charge >= 0.3 is 0 Å². The fourth-order valence-corrected chi connectivity index (χ4v) is 3.59. The molecule has 0 aromatic carbocycles. The van der Waals surface area contributed by atoms with Crippen molar-refractivity contribution in [2.75, 3.05) is 51.4 Å². The zero-order chi connectivity index (χ0) is 13.6. The van der Waals surface area contributed by atoms with Crippen molar-refractivity contribution >= 4 is 27.5 Å². The van der Waals surface area contributed by atoms with E-state index in [2.05, 4.69) is 5.32 Å². The number of nitrogens with one attached hydrogen (secondary N) is 1. The van der Waals surface area contributed by atoms with Gasteiger partial charge in [-0.1, -0.05) is 0 Å². The molecule has 18 heavy (non-hydrogen) atoms. The van der Waals surface area contributed by atoms with Crippen LogP contribution in [0.25, 0.3) is 0 Å². The molecule has 0 aromatic heterocycles. The molecule has 1 fully saturated rings. The lowest BCUT2D eigenvalue weighted by Gasteiger charge is -2.33. The highest BCUT2D eigenvalue weighted by Gasteiger charge is 2.26. The third-order valence-corrected chi connectivity index (χ3v) is 5.13. The van der Waals surface area contributed by atoms with Gasteiger partial charge in [-0.05, 0) is 6.42 Å². The second-order valence-corrected chi connectivity index (χ2v) is 6.67. The standard InChI is InChI=1S/C10H20ClN3O3S/c1-12-10(15)9-13-4-6-14(7-5-13)18(16,17)8-2-3-11/h2-9H2,1H3,(H,12,15). The van der Waals surface area contributed by atoms with Gasteiger partial charge in [-0.2, -0.15) is 4.31 Å². The third kappa shape index (κ3) is 4.72. The molecule has 0 saturated carbocycles. The molecule has 6 nitrogen and oxygen atoms in total. The molecular formula is C10H20ClN3O3S. The maximum Gasteiger partial charge on any atom is 0.233 e. The summed E-state index contributed by atoms with van der Waals surface area (Å²) in [6.45, 7) is 2.40. The van der Waals surface area contributed by atoms with E-state index in [1.54, 1.807) is 7.05 Å². The van der Waals surface area contributed by atoms with Gasteiger partial charge in [0.15, 0.2) is 0 Å². The Hall–Kier alpha value is -0.370. The number of hydrogen-bond acceptors (Lipinski definition) is 4. The van der Waals surface area contributed by atoms with Crippen LogP contribution in [0.4, 0.5) is 0 Å². The van der Waals surface area contributed by atoms with E-state index in [9.17, 15) is 13.2 Å². The second kappa shape index (κ2) is 7.28. The predicted molar refractivity (Wildman–Crippen MR) is 71.2 cm³/mol. The third-order valence-electron chi connectivity index (χ3n) is 2.91. The van der Waals surface area contributed by atoms with Crippen molar-refractivity contribution in [2.45, 2.75) is 6.42 Å². The van der Waals surface area contributed by atoms with Crippen molar-refractivity contribution < 1.29 is 13.2 Å². The predicted octanol–water partition coefficient (Wildman–Crippen LogP) is -0.691. The van der Waals surface area contributed by atoms with Crippen LogP contribution in [0, 0.1) is 0 Å². The van der Waals surface area contributed by atoms with E-state index in [0.717, 1.165) is 0 Å². The number of hydrogen-bond donors (Lipinski definition) is 1. The largest absolute Gasteiger partial charge is 0.358 e. The molecule has 1 N–H and O–H groups in total. The fourth-order valence-electron chi connectivity index (χ4n) is 1.81. The molecule has 0 unspecified atom stereocenters. The van der Waals surface area contributed by atoms with Crippen LogP contribution in [0.2, 0.25) is 0 Å². The minimum atomic E-state index is -3.18. The topological polar surface area (TPSA) is 69.7 Å². The number of carbonyl (C=O) groups excluding carboxylic acids is 1. The van der Waals surface area contributed by atoms with E-state index < -0.39 is 10.0 Å². The number of piperazine rings is 1. The van der Waals surface area contributed by atoms with Gasteiger partial charge in [0.2, 0.25) is 15.9 Å². The van der Waals surface area contributed by atoms with Gasteiger partial charge in [0.05, 0.1) is 12.3 Å². The highest BCUT2D eigenvalue weighted by atomic mass is 35.5. The van der Waals surface area contributed by atoms with Crippen LogP contribution in [0.15, 0.2) is 0 Å². The number of rotatable bonds is 6. The number of carbonyl (C=O) groups is 1. The SMILES string of the molecule is CNC(=O)CN1CCN(S(=O)(=O)CCCCl)CC1. The molecular weight excluding hydrogens is 278 g/mol. The summed E-state index contributed by atoms with van der Waals surface area (Å²) in [7, 11) is -1.59. The molecule has 8 heteroatoms. The molecule has 1 aliphatic heterocycles. The van der Waals surface area contributed by atoms with Crippen LogP contribution in [-0.2, 0) is 14.8 Å². The lowest BCUT2D eigenvalue weighted by Crippen LogP contribution is -2.51. The van der Waals surface area contributed by atoms with Crippen molar-refractivity contribution in [2.24, 2.45) is 0 Å². The Morgan fingerprint density at radius 2 is 1.89 bits per heavy atom. The van der Waals surface area contributed by atoms with Gasteiger partial charge in [-0.15, -0.1) is 11.6 Å².